The minimum Gasteiger partial charge on any atom is -0.392 e. The van der Waals surface area contributed by atoms with Gasteiger partial charge in [0.05, 0.1) is 11.0 Å². The average molecular weight is 300 g/mol. The normalized spacial score (nSPS) is 21.2. The second-order valence-electron chi connectivity index (χ2n) is 4.52. The Morgan fingerprint density at radius 3 is 2.74 bits per heavy atom. The van der Waals surface area contributed by atoms with Crippen LogP contribution in [0, 0.1) is 0 Å². The number of sulfonamides is 1. The number of thiocarbonyl (C=S) groups is 1. The second kappa shape index (κ2) is 5.54. The van der Waals surface area contributed by atoms with E-state index in [-0.39, 0.29) is 16.4 Å². The van der Waals surface area contributed by atoms with Crippen LogP contribution < -0.4 is 5.73 Å². The lowest BCUT2D eigenvalue weighted by atomic mass is 10.1. The Bertz CT molecular complexity index is 586. The van der Waals surface area contributed by atoms with Crippen molar-refractivity contribution in [2.45, 2.75) is 23.8 Å². The molecule has 0 aromatic heterocycles. The van der Waals surface area contributed by atoms with Crippen molar-refractivity contribution < 1.29 is 13.5 Å². The predicted octanol–water partition coefficient (Wildman–Crippen LogP) is 0.466. The van der Waals surface area contributed by atoms with Crippen LogP contribution in [0.3, 0.4) is 0 Å². The van der Waals surface area contributed by atoms with Gasteiger partial charge in [0.15, 0.2) is 0 Å². The summed E-state index contributed by atoms with van der Waals surface area (Å²) in [6.45, 7) is 0.527. The molecule has 0 amide bonds. The third-order valence-electron chi connectivity index (χ3n) is 3.13. The van der Waals surface area contributed by atoms with E-state index in [1.165, 1.54) is 10.4 Å². The molecule has 0 bridgehead atoms. The summed E-state index contributed by atoms with van der Waals surface area (Å²) < 4.78 is 26.4. The Labute approximate surface area is 118 Å². The average Bonchev–Trinajstić information content (AvgIpc) is 2.38. The van der Waals surface area contributed by atoms with Gasteiger partial charge in [-0.25, -0.2) is 8.42 Å². The molecule has 1 aliphatic heterocycles. The molecule has 2 rings (SSSR count). The first-order valence-electron chi connectivity index (χ1n) is 6.00. The number of hydrogen-bond donors (Lipinski definition) is 2. The summed E-state index contributed by atoms with van der Waals surface area (Å²) in [6.07, 6.45) is 0.666. The van der Waals surface area contributed by atoms with E-state index in [0.29, 0.717) is 24.9 Å². The zero-order valence-corrected chi connectivity index (χ0v) is 12.0. The number of benzene rings is 1. The molecule has 1 aromatic carbocycles. The summed E-state index contributed by atoms with van der Waals surface area (Å²) in [7, 11) is -3.66. The van der Waals surface area contributed by atoms with Crippen LogP contribution in [0.4, 0.5) is 0 Å². The number of nitrogens with zero attached hydrogens (tertiary/aromatic N) is 1. The van der Waals surface area contributed by atoms with E-state index < -0.39 is 16.1 Å². The molecule has 1 atom stereocenters. The molecule has 1 saturated heterocycles. The van der Waals surface area contributed by atoms with Gasteiger partial charge in [-0.15, -0.1) is 0 Å². The van der Waals surface area contributed by atoms with Crippen LogP contribution in [0.2, 0.25) is 0 Å². The van der Waals surface area contributed by atoms with Crippen molar-refractivity contribution in [2.24, 2.45) is 5.73 Å². The minimum atomic E-state index is -3.66. The van der Waals surface area contributed by atoms with Crippen molar-refractivity contribution in [3.8, 4) is 0 Å². The Kier molecular flexibility index (Phi) is 4.19. The number of hydrogen-bond acceptors (Lipinski definition) is 4. The molecule has 1 aromatic rings. The van der Waals surface area contributed by atoms with Crippen molar-refractivity contribution in [2.75, 3.05) is 13.1 Å². The third kappa shape index (κ3) is 2.94. The maximum atomic E-state index is 12.6. The maximum absolute atomic E-state index is 12.6. The molecule has 0 aliphatic carbocycles. The molecule has 1 heterocycles. The fraction of sp³-hybridized carbons (Fsp3) is 0.417. The molecule has 0 saturated carbocycles. The molecular weight excluding hydrogens is 284 g/mol. The molecule has 5 nitrogen and oxygen atoms in total. The zero-order valence-electron chi connectivity index (χ0n) is 10.3. The molecule has 1 aliphatic rings. The van der Waals surface area contributed by atoms with Crippen molar-refractivity contribution in [3.05, 3.63) is 29.8 Å². The third-order valence-corrected chi connectivity index (χ3v) is 5.27. The van der Waals surface area contributed by atoms with Gasteiger partial charge in [0.25, 0.3) is 0 Å². The highest BCUT2D eigenvalue weighted by Crippen LogP contribution is 2.23. The van der Waals surface area contributed by atoms with E-state index in [2.05, 4.69) is 0 Å². The lowest BCUT2D eigenvalue weighted by molar-refractivity contribution is 0.108. The molecule has 7 heteroatoms. The highest BCUT2D eigenvalue weighted by atomic mass is 32.2. The molecule has 0 radical (unpaired) electrons. The van der Waals surface area contributed by atoms with Crippen LogP contribution in [-0.2, 0) is 10.0 Å². The molecular formula is C12H16N2O3S2. The lowest BCUT2D eigenvalue weighted by Crippen LogP contribution is -2.42. The first kappa shape index (κ1) is 14.4. The molecule has 19 heavy (non-hydrogen) atoms. The van der Waals surface area contributed by atoms with E-state index >= 15 is 0 Å². The number of piperidine rings is 1. The Morgan fingerprint density at radius 1 is 1.42 bits per heavy atom. The summed E-state index contributed by atoms with van der Waals surface area (Å²) in [5.41, 5.74) is 5.91. The fourth-order valence-electron chi connectivity index (χ4n) is 2.17. The molecule has 1 unspecified atom stereocenters. The first-order chi connectivity index (χ1) is 8.93. The smallest absolute Gasteiger partial charge is 0.243 e. The maximum Gasteiger partial charge on any atom is 0.243 e. The number of rotatable bonds is 3. The Hall–Kier alpha value is -1.02. The Morgan fingerprint density at radius 2 is 2.11 bits per heavy atom. The number of nitrogens with two attached hydrogens (primary N) is 1. The van der Waals surface area contributed by atoms with Crippen LogP contribution in [0.5, 0.6) is 0 Å². The first-order valence-corrected chi connectivity index (χ1v) is 7.85. The van der Waals surface area contributed by atoms with Gasteiger partial charge in [-0.1, -0.05) is 30.4 Å². The summed E-state index contributed by atoms with van der Waals surface area (Å²) in [5.74, 6) is 0. The van der Waals surface area contributed by atoms with Crippen LogP contribution in [0.25, 0.3) is 0 Å². The summed E-state index contributed by atoms with van der Waals surface area (Å²) in [5, 5.41) is 9.61. The number of aliphatic hydroxyl groups excluding tert-OH is 1. The van der Waals surface area contributed by atoms with E-state index in [0.717, 1.165) is 0 Å². The fourth-order valence-corrected chi connectivity index (χ4v) is 4.14. The van der Waals surface area contributed by atoms with E-state index in [9.17, 15) is 13.5 Å². The van der Waals surface area contributed by atoms with Crippen molar-refractivity contribution >= 4 is 27.2 Å². The summed E-state index contributed by atoms with van der Waals surface area (Å²) >= 11 is 4.89. The molecule has 3 N–H and O–H groups in total. The highest BCUT2D eigenvalue weighted by molar-refractivity contribution is 7.89. The number of β-amino-alcohol motifs (C(OH)–C–C–N with tert-alkyl or cyclic N) is 1. The zero-order chi connectivity index (χ0) is 14.0. The van der Waals surface area contributed by atoms with Crippen molar-refractivity contribution in [1.29, 1.82) is 0 Å². The van der Waals surface area contributed by atoms with Crippen LogP contribution >= 0.6 is 12.2 Å². The van der Waals surface area contributed by atoms with Crippen molar-refractivity contribution in [3.63, 3.8) is 0 Å². The predicted molar refractivity (Wildman–Crippen MR) is 76.3 cm³/mol. The Balaban J connectivity index is 2.42. The van der Waals surface area contributed by atoms with Gasteiger partial charge in [0.2, 0.25) is 10.0 Å². The van der Waals surface area contributed by atoms with Gasteiger partial charge >= 0.3 is 0 Å². The monoisotopic (exact) mass is 300 g/mol. The molecule has 1 fully saturated rings. The van der Waals surface area contributed by atoms with Gasteiger partial charge in [-0.2, -0.15) is 4.31 Å². The SMILES string of the molecule is NC(=S)c1ccccc1S(=O)(=O)N1CCCC(O)C1. The van der Waals surface area contributed by atoms with Crippen LogP contribution in [0.1, 0.15) is 18.4 Å². The van der Waals surface area contributed by atoms with Crippen molar-refractivity contribution in [1.82, 2.24) is 4.31 Å². The van der Waals surface area contributed by atoms with Gasteiger partial charge in [0.1, 0.15) is 4.99 Å². The van der Waals surface area contributed by atoms with Gasteiger partial charge in [-0.3, -0.25) is 0 Å². The van der Waals surface area contributed by atoms with E-state index in [4.69, 9.17) is 18.0 Å². The van der Waals surface area contributed by atoms with Gasteiger partial charge in [0, 0.05) is 18.7 Å². The largest absolute Gasteiger partial charge is 0.392 e. The quantitative estimate of drug-likeness (QED) is 0.793. The number of aliphatic hydroxyl groups is 1. The van der Waals surface area contributed by atoms with Gasteiger partial charge in [-0.05, 0) is 18.9 Å². The van der Waals surface area contributed by atoms with E-state index in [1.54, 1.807) is 18.2 Å². The minimum absolute atomic E-state index is 0.0525. The lowest BCUT2D eigenvalue weighted by Gasteiger charge is -2.29. The molecule has 0 spiro atoms. The van der Waals surface area contributed by atoms with Crippen LogP contribution in [-0.4, -0.2) is 42.0 Å². The highest BCUT2D eigenvalue weighted by Gasteiger charge is 2.31. The standard InChI is InChI=1S/C12H16N2O3S2/c13-12(18)10-5-1-2-6-11(10)19(16,17)14-7-3-4-9(15)8-14/h1-2,5-6,9,15H,3-4,7-8H2,(H2,13,18). The molecule has 104 valence electrons. The summed E-state index contributed by atoms with van der Waals surface area (Å²) in [6, 6.07) is 6.41. The topological polar surface area (TPSA) is 83.6 Å². The van der Waals surface area contributed by atoms with Gasteiger partial charge < -0.3 is 10.8 Å². The van der Waals surface area contributed by atoms with E-state index in [1.807, 2.05) is 0 Å². The van der Waals surface area contributed by atoms with Crippen LogP contribution in [0.15, 0.2) is 29.2 Å². The summed E-state index contributed by atoms with van der Waals surface area (Å²) in [4.78, 5) is 0.160. The second-order valence-corrected chi connectivity index (χ2v) is 6.87.